The van der Waals surface area contributed by atoms with Crippen molar-refractivity contribution in [3.8, 4) is 0 Å². The van der Waals surface area contributed by atoms with Crippen LogP contribution in [-0.4, -0.2) is 18.5 Å². The SMILES string of the molecule is CCCc1ccc(C2OC(=O)COC2=O)cc1. The Bertz CT molecular complexity index is 422. The van der Waals surface area contributed by atoms with Gasteiger partial charge in [-0.15, -0.1) is 0 Å². The van der Waals surface area contributed by atoms with E-state index in [1.807, 2.05) is 12.1 Å². The molecule has 1 unspecified atom stereocenters. The van der Waals surface area contributed by atoms with E-state index in [1.165, 1.54) is 5.56 Å². The van der Waals surface area contributed by atoms with E-state index < -0.39 is 18.0 Å². The number of rotatable bonds is 3. The monoisotopic (exact) mass is 234 g/mol. The van der Waals surface area contributed by atoms with Gasteiger partial charge < -0.3 is 9.47 Å². The molecular weight excluding hydrogens is 220 g/mol. The van der Waals surface area contributed by atoms with Gasteiger partial charge in [0.15, 0.2) is 6.61 Å². The molecule has 1 heterocycles. The zero-order valence-corrected chi connectivity index (χ0v) is 9.64. The summed E-state index contributed by atoms with van der Waals surface area (Å²) in [6.07, 6.45) is 1.15. The molecule has 2 rings (SSSR count). The molecule has 1 atom stereocenters. The first-order chi connectivity index (χ1) is 8.20. The summed E-state index contributed by atoms with van der Waals surface area (Å²) in [4.78, 5) is 22.5. The van der Waals surface area contributed by atoms with Crippen molar-refractivity contribution in [2.24, 2.45) is 0 Å². The van der Waals surface area contributed by atoms with Gasteiger partial charge in [-0.1, -0.05) is 37.6 Å². The highest BCUT2D eigenvalue weighted by atomic mass is 16.6. The molecule has 1 saturated heterocycles. The highest BCUT2D eigenvalue weighted by Gasteiger charge is 2.31. The van der Waals surface area contributed by atoms with Crippen molar-refractivity contribution in [1.82, 2.24) is 0 Å². The van der Waals surface area contributed by atoms with Gasteiger partial charge in [-0.3, -0.25) is 0 Å². The van der Waals surface area contributed by atoms with Crippen LogP contribution < -0.4 is 0 Å². The van der Waals surface area contributed by atoms with Gasteiger partial charge in [-0.25, -0.2) is 9.59 Å². The number of aryl methyl sites for hydroxylation is 1. The average molecular weight is 234 g/mol. The second-order valence-corrected chi connectivity index (χ2v) is 3.97. The molecule has 0 bridgehead atoms. The molecule has 0 saturated carbocycles. The van der Waals surface area contributed by atoms with E-state index in [2.05, 4.69) is 6.92 Å². The summed E-state index contributed by atoms with van der Waals surface area (Å²) in [5.41, 5.74) is 1.86. The first-order valence-electron chi connectivity index (χ1n) is 5.65. The quantitative estimate of drug-likeness (QED) is 0.748. The number of hydrogen-bond donors (Lipinski definition) is 0. The van der Waals surface area contributed by atoms with Crippen molar-refractivity contribution in [2.45, 2.75) is 25.9 Å². The summed E-state index contributed by atoms with van der Waals surface area (Å²) >= 11 is 0. The molecule has 17 heavy (non-hydrogen) atoms. The van der Waals surface area contributed by atoms with Crippen LogP contribution >= 0.6 is 0 Å². The molecule has 0 radical (unpaired) electrons. The molecule has 1 fully saturated rings. The second-order valence-electron chi connectivity index (χ2n) is 3.97. The number of cyclic esters (lactones) is 2. The van der Waals surface area contributed by atoms with Crippen molar-refractivity contribution in [3.05, 3.63) is 35.4 Å². The van der Waals surface area contributed by atoms with Gasteiger partial charge in [-0.2, -0.15) is 0 Å². The molecule has 0 aliphatic carbocycles. The van der Waals surface area contributed by atoms with E-state index in [0.717, 1.165) is 12.8 Å². The van der Waals surface area contributed by atoms with Crippen LogP contribution in [-0.2, 0) is 25.5 Å². The highest BCUT2D eigenvalue weighted by Crippen LogP contribution is 2.23. The number of benzene rings is 1. The third-order valence-corrected chi connectivity index (χ3v) is 2.62. The molecule has 1 aliphatic rings. The number of hydrogen-bond acceptors (Lipinski definition) is 4. The van der Waals surface area contributed by atoms with Crippen LogP contribution in [0.5, 0.6) is 0 Å². The summed E-state index contributed by atoms with van der Waals surface area (Å²) in [5.74, 6) is -1.01. The zero-order chi connectivity index (χ0) is 12.3. The maximum atomic E-state index is 11.5. The van der Waals surface area contributed by atoms with Crippen LogP contribution in [0.3, 0.4) is 0 Å². The Balaban J connectivity index is 2.15. The van der Waals surface area contributed by atoms with Crippen molar-refractivity contribution in [2.75, 3.05) is 6.61 Å². The van der Waals surface area contributed by atoms with Crippen molar-refractivity contribution in [3.63, 3.8) is 0 Å². The predicted molar refractivity (Wildman–Crippen MR) is 60.2 cm³/mol. The molecule has 0 amide bonds. The minimum atomic E-state index is -0.910. The van der Waals surface area contributed by atoms with Gasteiger partial charge in [0.25, 0.3) is 0 Å². The van der Waals surface area contributed by atoms with Crippen LogP contribution in [0.15, 0.2) is 24.3 Å². The second kappa shape index (κ2) is 4.99. The normalized spacial score (nSPS) is 19.7. The van der Waals surface area contributed by atoms with E-state index in [4.69, 9.17) is 9.47 Å². The fraction of sp³-hybridized carbons (Fsp3) is 0.385. The van der Waals surface area contributed by atoms with E-state index in [0.29, 0.717) is 5.56 Å². The lowest BCUT2D eigenvalue weighted by Crippen LogP contribution is -2.31. The molecular formula is C13H14O4. The van der Waals surface area contributed by atoms with Gasteiger partial charge in [0.2, 0.25) is 6.10 Å². The summed E-state index contributed by atoms with van der Waals surface area (Å²) < 4.78 is 9.69. The van der Waals surface area contributed by atoms with Crippen LogP contribution in [0.2, 0.25) is 0 Å². The van der Waals surface area contributed by atoms with Crippen molar-refractivity contribution < 1.29 is 19.1 Å². The van der Waals surface area contributed by atoms with E-state index >= 15 is 0 Å². The van der Waals surface area contributed by atoms with E-state index in [-0.39, 0.29) is 6.61 Å². The number of carbonyl (C=O) groups is 2. The molecule has 1 aliphatic heterocycles. The average Bonchev–Trinajstić information content (AvgIpc) is 2.34. The van der Waals surface area contributed by atoms with Gasteiger partial charge in [0.1, 0.15) is 0 Å². The molecule has 1 aromatic rings. The molecule has 0 spiro atoms. The number of esters is 2. The van der Waals surface area contributed by atoms with Crippen LogP contribution in [0, 0.1) is 0 Å². The Morgan fingerprint density at radius 3 is 2.59 bits per heavy atom. The van der Waals surface area contributed by atoms with Crippen LogP contribution in [0.1, 0.15) is 30.6 Å². The number of ether oxygens (including phenoxy) is 2. The Morgan fingerprint density at radius 1 is 1.24 bits per heavy atom. The maximum Gasteiger partial charge on any atom is 0.352 e. The minimum Gasteiger partial charge on any atom is -0.451 e. The fourth-order valence-electron chi connectivity index (χ4n) is 1.77. The summed E-state index contributed by atoms with van der Waals surface area (Å²) in [6, 6.07) is 7.48. The van der Waals surface area contributed by atoms with Crippen LogP contribution in [0.4, 0.5) is 0 Å². The van der Waals surface area contributed by atoms with Gasteiger partial charge >= 0.3 is 11.9 Å². The standard InChI is InChI=1S/C13H14O4/c1-2-3-9-4-6-10(7-5-9)12-13(15)16-8-11(14)17-12/h4-7,12H,2-3,8H2,1H3. The molecule has 90 valence electrons. The van der Waals surface area contributed by atoms with Gasteiger partial charge in [-0.05, 0) is 12.0 Å². The summed E-state index contributed by atoms with van der Waals surface area (Å²) in [7, 11) is 0. The lowest BCUT2D eigenvalue weighted by Gasteiger charge is -2.21. The third kappa shape index (κ3) is 2.64. The third-order valence-electron chi connectivity index (χ3n) is 2.62. The Morgan fingerprint density at radius 2 is 1.94 bits per heavy atom. The Hall–Kier alpha value is -1.84. The number of carbonyl (C=O) groups excluding carboxylic acids is 2. The van der Waals surface area contributed by atoms with Gasteiger partial charge in [0, 0.05) is 5.56 Å². The smallest absolute Gasteiger partial charge is 0.352 e. The lowest BCUT2D eigenvalue weighted by molar-refractivity contribution is -0.185. The van der Waals surface area contributed by atoms with E-state index in [1.54, 1.807) is 12.1 Å². The summed E-state index contributed by atoms with van der Waals surface area (Å²) in [6.45, 7) is 1.82. The molecule has 0 aromatic heterocycles. The topological polar surface area (TPSA) is 52.6 Å². The van der Waals surface area contributed by atoms with E-state index in [9.17, 15) is 9.59 Å². The molecule has 0 N–H and O–H groups in total. The van der Waals surface area contributed by atoms with Crippen LogP contribution in [0.25, 0.3) is 0 Å². The zero-order valence-electron chi connectivity index (χ0n) is 9.64. The first-order valence-corrected chi connectivity index (χ1v) is 5.65. The molecule has 1 aromatic carbocycles. The largest absolute Gasteiger partial charge is 0.451 e. The predicted octanol–water partition coefficient (Wildman–Crippen LogP) is 1.78. The lowest BCUT2D eigenvalue weighted by atomic mass is 10.0. The molecule has 4 nitrogen and oxygen atoms in total. The van der Waals surface area contributed by atoms with Crippen molar-refractivity contribution in [1.29, 1.82) is 0 Å². The van der Waals surface area contributed by atoms with Gasteiger partial charge in [0.05, 0.1) is 0 Å². The summed E-state index contributed by atoms with van der Waals surface area (Å²) in [5, 5.41) is 0. The first kappa shape index (κ1) is 11.6. The minimum absolute atomic E-state index is 0.288. The van der Waals surface area contributed by atoms with Crippen molar-refractivity contribution >= 4 is 11.9 Å². The maximum absolute atomic E-state index is 11.5. The Kier molecular flexibility index (Phi) is 3.42. The fourth-order valence-corrected chi connectivity index (χ4v) is 1.77. The molecule has 4 heteroatoms. The highest BCUT2D eigenvalue weighted by molar-refractivity contribution is 5.86. The Labute approximate surface area is 99.5 Å².